The van der Waals surface area contributed by atoms with Gasteiger partial charge in [-0.2, -0.15) is 0 Å². The summed E-state index contributed by atoms with van der Waals surface area (Å²) in [6, 6.07) is 15.9. The van der Waals surface area contributed by atoms with Crippen LogP contribution in [-0.2, 0) is 10.0 Å². The molecule has 32 heavy (non-hydrogen) atoms. The van der Waals surface area contributed by atoms with E-state index in [9.17, 15) is 13.2 Å². The van der Waals surface area contributed by atoms with Crippen molar-refractivity contribution >= 4 is 50.2 Å². The van der Waals surface area contributed by atoms with Crippen molar-refractivity contribution in [1.82, 2.24) is 4.90 Å². The lowest BCUT2D eigenvalue weighted by atomic mass is 10.1. The van der Waals surface area contributed by atoms with Crippen molar-refractivity contribution in [2.75, 3.05) is 42.4 Å². The van der Waals surface area contributed by atoms with Gasteiger partial charge in [-0.25, -0.2) is 8.42 Å². The molecule has 0 aliphatic carbocycles. The fraction of sp³-hybridized carbons (Fsp3) is 0.261. The quantitative estimate of drug-likeness (QED) is 0.529. The standard InChI is InChI=1S/C23H24ClN3O3S2/c1-17-5-8-19(24)16-21(17)26-11-13-27(14-12-26)23(28)18-6-9-20(10-7-18)25(2)32(29,30)22-4-3-15-31-22/h3-10,15-16H,11-14H2,1-2H3. The average molecular weight is 490 g/mol. The minimum absolute atomic E-state index is 0.0530. The summed E-state index contributed by atoms with van der Waals surface area (Å²) in [6.07, 6.45) is 0. The van der Waals surface area contributed by atoms with E-state index in [2.05, 4.69) is 11.8 Å². The molecule has 2 heterocycles. The Kier molecular flexibility index (Phi) is 6.46. The van der Waals surface area contributed by atoms with Crippen LogP contribution in [0.15, 0.2) is 64.2 Å². The van der Waals surface area contributed by atoms with Crippen molar-refractivity contribution in [2.24, 2.45) is 0 Å². The summed E-state index contributed by atoms with van der Waals surface area (Å²) in [6.45, 7) is 4.73. The van der Waals surface area contributed by atoms with Crippen LogP contribution in [0.5, 0.6) is 0 Å². The highest BCUT2D eigenvalue weighted by atomic mass is 35.5. The van der Waals surface area contributed by atoms with Crippen LogP contribution in [0.4, 0.5) is 11.4 Å². The number of halogens is 1. The second kappa shape index (κ2) is 9.13. The lowest BCUT2D eigenvalue weighted by Gasteiger charge is -2.37. The molecule has 0 bridgehead atoms. The van der Waals surface area contributed by atoms with Crippen molar-refractivity contribution in [3.05, 3.63) is 76.1 Å². The van der Waals surface area contributed by atoms with Crippen molar-refractivity contribution in [2.45, 2.75) is 11.1 Å². The van der Waals surface area contributed by atoms with E-state index in [1.807, 2.05) is 23.1 Å². The first-order chi connectivity index (χ1) is 15.3. The van der Waals surface area contributed by atoms with E-state index in [0.717, 1.165) is 24.3 Å². The molecule has 4 rings (SSSR count). The number of hydrogen-bond donors (Lipinski definition) is 0. The van der Waals surface area contributed by atoms with E-state index in [-0.39, 0.29) is 10.1 Å². The fourth-order valence-electron chi connectivity index (χ4n) is 3.75. The third-order valence-corrected chi connectivity index (χ3v) is 9.06. The third-order valence-electron chi connectivity index (χ3n) is 5.67. The molecule has 1 saturated heterocycles. The van der Waals surface area contributed by atoms with Crippen molar-refractivity contribution in [3.8, 4) is 0 Å². The number of nitrogens with zero attached hydrogens (tertiary/aromatic N) is 3. The first kappa shape index (κ1) is 22.6. The largest absolute Gasteiger partial charge is 0.368 e. The number of aryl methyl sites for hydroxylation is 1. The molecule has 0 unspecified atom stereocenters. The molecule has 1 amide bonds. The molecule has 0 N–H and O–H groups in total. The van der Waals surface area contributed by atoms with E-state index >= 15 is 0 Å². The number of rotatable bonds is 5. The van der Waals surface area contributed by atoms with Crippen LogP contribution < -0.4 is 9.21 Å². The Morgan fingerprint density at radius 1 is 1.03 bits per heavy atom. The van der Waals surface area contributed by atoms with Crippen LogP contribution in [0.2, 0.25) is 5.02 Å². The van der Waals surface area contributed by atoms with Gasteiger partial charge in [0.15, 0.2) is 0 Å². The molecule has 1 aliphatic rings. The minimum Gasteiger partial charge on any atom is -0.368 e. The van der Waals surface area contributed by atoms with Crippen LogP contribution in [0.3, 0.4) is 0 Å². The molecule has 0 spiro atoms. The van der Waals surface area contributed by atoms with Crippen molar-refractivity contribution in [1.29, 1.82) is 0 Å². The van der Waals surface area contributed by atoms with Crippen LogP contribution in [-0.4, -0.2) is 52.5 Å². The van der Waals surface area contributed by atoms with Gasteiger partial charge in [-0.1, -0.05) is 23.7 Å². The summed E-state index contributed by atoms with van der Waals surface area (Å²) < 4.78 is 26.9. The van der Waals surface area contributed by atoms with Gasteiger partial charge in [0.1, 0.15) is 4.21 Å². The van der Waals surface area contributed by atoms with Crippen LogP contribution in [0.1, 0.15) is 15.9 Å². The minimum atomic E-state index is -3.60. The third kappa shape index (κ3) is 4.48. The maximum absolute atomic E-state index is 13.0. The molecule has 0 radical (unpaired) electrons. The molecular weight excluding hydrogens is 466 g/mol. The topological polar surface area (TPSA) is 60.9 Å². The van der Waals surface area contributed by atoms with E-state index in [1.54, 1.807) is 41.8 Å². The van der Waals surface area contributed by atoms with Gasteiger partial charge < -0.3 is 9.80 Å². The summed E-state index contributed by atoms with van der Waals surface area (Å²) in [7, 11) is -2.08. The van der Waals surface area contributed by atoms with Gasteiger partial charge in [0.2, 0.25) is 0 Å². The Morgan fingerprint density at radius 3 is 2.34 bits per heavy atom. The van der Waals surface area contributed by atoms with E-state index < -0.39 is 10.0 Å². The lowest BCUT2D eigenvalue weighted by Crippen LogP contribution is -2.49. The van der Waals surface area contributed by atoms with Crippen molar-refractivity contribution < 1.29 is 13.2 Å². The number of anilines is 2. The molecule has 9 heteroatoms. The number of thiophene rings is 1. The maximum atomic E-state index is 13.0. The van der Waals surface area contributed by atoms with Gasteiger partial charge in [-0.05, 0) is 60.3 Å². The highest BCUT2D eigenvalue weighted by molar-refractivity contribution is 7.94. The summed E-state index contributed by atoms with van der Waals surface area (Å²) in [5.41, 5.74) is 3.31. The average Bonchev–Trinajstić information content (AvgIpc) is 3.36. The Balaban J connectivity index is 1.42. The Labute approximate surface area is 197 Å². The maximum Gasteiger partial charge on any atom is 0.273 e. The molecular formula is C23H24ClN3O3S2. The Morgan fingerprint density at radius 2 is 1.72 bits per heavy atom. The van der Waals surface area contributed by atoms with E-state index in [0.29, 0.717) is 29.4 Å². The summed E-state index contributed by atoms with van der Waals surface area (Å²) >= 11 is 7.33. The highest BCUT2D eigenvalue weighted by Gasteiger charge is 2.25. The number of carbonyl (C=O) groups is 1. The molecule has 0 atom stereocenters. The Hall–Kier alpha value is -2.55. The van der Waals surface area contributed by atoms with E-state index in [4.69, 9.17) is 11.6 Å². The SMILES string of the molecule is Cc1ccc(Cl)cc1N1CCN(C(=O)c2ccc(N(C)S(=O)(=O)c3cccs3)cc2)CC1. The monoisotopic (exact) mass is 489 g/mol. The number of piperazine rings is 1. The summed E-state index contributed by atoms with van der Waals surface area (Å²) in [5, 5.41) is 2.44. The number of carbonyl (C=O) groups excluding carboxylic acids is 1. The number of amides is 1. The zero-order valence-corrected chi connectivity index (χ0v) is 20.3. The zero-order valence-electron chi connectivity index (χ0n) is 17.9. The first-order valence-electron chi connectivity index (χ1n) is 10.2. The molecule has 3 aromatic rings. The van der Waals surface area contributed by atoms with Gasteiger partial charge in [0.25, 0.3) is 15.9 Å². The number of hydrogen-bond acceptors (Lipinski definition) is 5. The predicted octanol–water partition coefficient (Wildman–Crippen LogP) is 4.50. The van der Waals surface area contributed by atoms with Gasteiger partial charge in [-0.3, -0.25) is 9.10 Å². The van der Waals surface area contributed by atoms with Crippen molar-refractivity contribution in [3.63, 3.8) is 0 Å². The van der Waals surface area contributed by atoms with Crippen LogP contribution in [0, 0.1) is 6.92 Å². The molecule has 168 valence electrons. The first-order valence-corrected chi connectivity index (χ1v) is 12.9. The molecule has 2 aromatic carbocycles. The predicted molar refractivity (Wildman–Crippen MR) is 131 cm³/mol. The normalized spacial score (nSPS) is 14.5. The smallest absolute Gasteiger partial charge is 0.273 e. The molecule has 0 saturated carbocycles. The van der Waals surface area contributed by atoms with Gasteiger partial charge in [-0.15, -0.1) is 11.3 Å². The Bertz CT molecular complexity index is 1200. The van der Waals surface area contributed by atoms with Crippen LogP contribution in [0.25, 0.3) is 0 Å². The van der Waals surface area contributed by atoms with E-state index in [1.165, 1.54) is 22.7 Å². The summed E-state index contributed by atoms with van der Waals surface area (Å²) in [4.78, 5) is 17.1. The fourth-order valence-corrected chi connectivity index (χ4v) is 6.28. The molecule has 1 fully saturated rings. The number of benzene rings is 2. The summed E-state index contributed by atoms with van der Waals surface area (Å²) in [5.74, 6) is -0.0530. The van der Waals surface area contributed by atoms with Crippen LogP contribution >= 0.6 is 22.9 Å². The van der Waals surface area contributed by atoms with Gasteiger partial charge in [0, 0.05) is 49.5 Å². The molecule has 1 aromatic heterocycles. The van der Waals surface area contributed by atoms with Gasteiger partial charge >= 0.3 is 0 Å². The second-order valence-electron chi connectivity index (χ2n) is 7.66. The molecule has 1 aliphatic heterocycles. The highest BCUT2D eigenvalue weighted by Crippen LogP contribution is 2.27. The lowest BCUT2D eigenvalue weighted by molar-refractivity contribution is 0.0747. The zero-order chi connectivity index (χ0) is 22.9. The van der Waals surface area contributed by atoms with Gasteiger partial charge in [0.05, 0.1) is 5.69 Å². The number of sulfonamides is 1. The molecule has 6 nitrogen and oxygen atoms in total. The second-order valence-corrected chi connectivity index (χ2v) is 11.2.